The molecule has 0 bridgehead atoms. The van der Waals surface area contributed by atoms with Gasteiger partial charge in [-0.3, -0.25) is 9.78 Å². The molecule has 4 aromatic rings. The van der Waals surface area contributed by atoms with E-state index < -0.39 is 0 Å². The van der Waals surface area contributed by atoms with Crippen LogP contribution in [0.3, 0.4) is 0 Å². The average Bonchev–Trinajstić information content (AvgIpc) is 3.17. The smallest absolute Gasteiger partial charge is 0.227 e. The summed E-state index contributed by atoms with van der Waals surface area (Å²) >= 11 is 0. The van der Waals surface area contributed by atoms with Crippen LogP contribution in [0.5, 0.6) is 0 Å². The molecule has 0 aliphatic carbocycles. The largest absolute Gasteiger partial charge is 0.339 e. The molecule has 2 aromatic heterocycles. The lowest BCUT2D eigenvalue weighted by atomic mass is 10.1. The number of carbonyl (C=O) groups excluding carboxylic acids is 1. The molecule has 6 heteroatoms. The van der Waals surface area contributed by atoms with E-state index in [0.29, 0.717) is 18.1 Å². The molecule has 6 nitrogen and oxygen atoms in total. The lowest BCUT2D eigenvalue weighted by molar-refractivity contribution is -0.116. The van der Waals surface area contributed by atoms with E-state index in [9.17, 15) is 4.79 Å². The monoisotopic (exact) mass is 344 g/mol. The molecule has 0 spiro atoms. The Morgan fingerprint density at radius 2 is 1.88 bits per heavy atom. The van der Waals surface area contributed by atoms with Crippen LogP contribution in [0.25, 0.3) is 22.3 Å². The normalized spacial score (nSPS) is 10.8. The molecule has 0 fully saturated rings. The van der Waals surface area contributed by atoms with Gasteiger partial charge in [0.25, 0.3) is 0 Å². The number of nitrogens with one attached hydrogen (secondary N) is 1. The molecule has 1 N–H and O–H groups in total. The summed E-state index contributed by atoms with van der Waals surface area (Å²) in [5, 5.41) is 7.80. The number of rotatable bonds is 5. The number of hydrogen-bond donors (Lipinski definition) is 1. The fraction of sp³-hybridized carbons (Fsp3) is 0.100. The van der Waals surface area contributed by atoms with Crippen LogP contribution >= 0.6 is 0 Å². The first-order valence-electron chi connectivity index (χ1n) is 8.31. The highest BCUT2D eigenvalue weighted by Gasteiger charge is 2.11. The Morgan fingerprint density at radius 1 is 1.00 bits per heavy atom. The van der Waals surface area contributed by atoms with E-state index >= 15 is 0 Å². The van der Waals surface area contributed by atoms with E-state index in [0.717, 1.165) is 22.2 Å². The molecule has 0 aliphatic heterocycles. The molecule has 128 valence electrons. The highest BCUT2D eigenvalue weighted by atomic mass is 16.5. The van der Waals surface area contributed by atoms with Crippen LogP contribution in [0.2, 0.25) is 0 Å². The van der Waals surface area contributed by atoms with Crippen LogP contribution < -0.4 is 5.32 Å². The standard InChI is InChI=1S/C20H16N4O2/c25-18(22-17-10-4-9-16-15(17)8-5-13-21-16)11-12-19-23-20(24-26-19)14-6-2-1-3-7-14/h1-10,13H,11-12H2,(H,22,25). The van der Waals surface area contributed by atoms with Crippen LogP contribution in [-0.2, 0) is 11.2 Å². The summed E-state index contributed by atoms with van der Waals surface area (Å²) in [6.45, 7) is 0. The maximum Gasteiger partial charge on any atom is 0.227 e. The second-order valence-corrected chi connectivity index (χ2v) is 5.80. The number of anilines is 1. The molecule has 4 rings (SSSR count). The first kappa shape index (κ1) is 16.0. The second kappa shape index (κ2) is 7.14. The van der Waals surface area contributed by atoms with Crippen molar-refractivity contribution in [2.45, 2.75) is 12.8 Å². The van der Waals surface area contributed by atoms with Gasteiger partial charge in [-0.05, 0) is 24.3 Å². The van der Waals surface area contributed by atoms with Gasteiger partial charge in [-0.2, -0.15) is 4.98 Å². The number of carbonyl (C=O) groups is 1. The Hall–Kier alpha value is -3.54. The molecule has 2 aromatic carbocycles. The van der Waals surface area contributed by atoms with E-state index in [1.54, 1.807) is 6.20 Å². The van der Waals surface area contributed by atoms with E-state index in [-0.39, 0.29) is 12.3 Å². The Balaban J connectivity index is 1.41. The predicted molar refractivity (Wildman–Crippen MR) is 98.4 cm³/mol. The van der Waals surface area contributed by atoms with E-state index in [2.05, 4.69) is 20.4 Å². The zero-order valence-electron chi connectivity index (χ0n) is 13.9. The summed E-state index contributed by atoms with van der Waals surface area (Å²) in [5.74, 6) is 0.862. The average molecular weight is 344 g/mol. The Kier molecular flexibility index (Phi) is 4.38. The quantitative estimate of drug-likeness (QED) is 0.594. The second-order valence-electron chi connectivity index (χ2n) is 5.80. The number of benzene rings is 2. The Morgan fingerprint density at radius 3 is 2.77 bits per heavy atom. The lowest BCUT2D eigenvalue weighted by Crippen LogP contribution is -2.12. The van der Waals surface area contributed by atoms with E-state index in [1.165, 1.54) is 0 Å². The maximum absolute atomic E-state index is 12.3. The topological polar surface area (TPSA) is 80.9 Å². The van der Waals surface area contributed by atoms with Crippen LogP contribution in [0.15, 0.2) is 71.4 Å². The molecule has 0 saturated heterocycles. The minimum atomic E-state index is -0.110. The van der Waals surface area contributed by atoms with E-state index in [4.69, 9.17) is 4.52 Å². The number of aryl methyl sites for hydroxylation is 1. The molecular formula is C20H16N4O2. The summed E-state index contributed by atoms with van der Waals surface area (Å²) in [4.78, 5) is 20.9. The fourth-order valence-electron chi connectivity index (χ4n) is 2.71. The number of fused-ring (bicyclic) bond motifs is 1. The third kappa shape index (κ3) is 3.44. The zero-order chi connectivity index (χ0) is 17.8. The van der Waals surface area contributed by atoms with Crippen molar-refractivity contribution < 1.29 is 9.32 Å². The maximum atomic E-state index is 12.3. The fourth-order valence-corrected chi connectivity index (χ4v) is 2.71. The highest BCUT2D eigenvalue weighted by molar-refractivity contribution is 6.00. The Bertz CT molecular complexity index is 1040. The summed E-state index contributed by atoms with van der Waals surface area (Å²) < 4.78 is 5.24. The van der Waals surface area contributed by atoms with E-state index in [1.807, 2.05) is 60.7 Å². The summed E-state index contributed by atoms with van der Waals surface area (Å²) in [6, 6.07) is 19.0. The number of aromatic nitrogens is 3. The van der Waals surface area contributed by atoms with Crippen molar-refractivity contribution >= 4 is 22.5 Å². The number of pyridine rings is 1. The third-order valence-corrected chi connectivity index (χ3v) is 3.99. The van der Waals surface area contributed by atoms with Gasteiger partial charge in [-0.1, -0.05) is 41.6 Å². The van der Waals surface area contributed by atoms with Crippen molar-refractivity contribution in [3.8, 4) is 11.4 Å². The summed E-state index contributed by atoms with van der Waals surface area (Å²) in [5.41, 5.74) is 2.47. The van der Waals surface area contributed by atoms with Gasteiger partial charge in [-0.25, -0.2) is 0 Å². The molecular weight excluding hydrogens is 328 g/mol. The van der Waals surface area contributed by atoms with Crippen molar-refractivity contribution in [3.05, 3.63) is 72.8 Å². The van der Waals surface area contributed by atoms with Crippen molar-refractivity contribution in [1.29, 1.82) is 0 Å². The van der Waals surface area contributed by atoms with Crippen LogP contribution in [0.4, 0.5) is 5.69 Å². The molecule has 0 radical (unpaired) electrons. The van der Waals surface area contributed by atoms with Crippen LogP contribution in [0, 0.1) is 0 Å². The van der Waals surface area contributed by atoms with Gasteiger partial charge in [-0.15, -0.1) is 0 Å². The number of hydrogen-bond acceptors (Lipinski definition) is 5. The van der Waals surface area contributed by atoms with Gasteiger partial charge < -0.3 is 9.84 Å². The molecule has 26 heavy (non-hydrogen) atoms. The number of amides is 1. The van der Waals surface area contributed by atoms with Crippen molar-refractivity contribution in [3.63, 3.8) is 0 Å². The molecule has 0 unspecified atom stereocenters. The van der Waals surface area contributed by atoms with Gasteiger partial charge in [0.1, 0.15) is 0 Å². The molecule has 0 atom stereocenters. The van der Waals surface area contributed by atoms with Gasteiger partial charge in [0.2, 0.25) is 17.6 Å². The van der Waals surface area contributed by atoms with Gasteiger partial charge in [0.05, 0.1) is 11.2 Å². The van der Waals surface area contributed by atoms with Crippen LogP contribution in [-0.4, -0.2) is 21.0 Å². The van der Waals surface area contributed by atoms with Crippen molar-refractivity contribution in [2.24, 2.45) is 0 Å². The van der Waals surface area contributed by atoms with Crippen molar-refractivity contribution in [2.75, 3.05) is 5.32 Å². The first-order chi connectivity index (χ1) is 12.8. The first-order valence-corrected chi connectivity index (χ1v) is 8.31. The minimum Gasteiger partial charge on any atom is -0.339 e. The molecule has 2 heterocycles. The number of nitrogens with zero attached hydrogens (tertiary/aromatic N) is 3. The van der Waals surface area contributed by atoms with Crippen molar-refractivity contribution in [1.82, 2.24) is 15.1 Å². The van der Waals surface area contributed by atoms with Gasteiger partial charge >= 0.3 is 0 Å². The summed E-state index contributed by atoms with van der Waals surface area (Å²) in [7, 11) is 0. The van der Waals surface area contributed by atoms with Gasteiger partial charge in [0.15, 0.2) is 0 Å². The Labute approximate surface area is 149 Å². The predicted octanol–water partition coefficient (Wildman–Crippen LogP) is 3.86. The SMILES string of the molecule is O=C(CCc1nc(-c2ccccc2)no1)Nc1cccc2ncccc12. The lowest BCUT2D eigenvalue weighted by Gasteiger charge is -2.07. The van der Waals surface area contributed by atoms with Gasteiger partial charge in [0, 0.05) is 30.0 Å². The molecule has 1 amide bonds. The summed E-state index contributed by atoms with van der Waals surface area (Å²) in [6.07, 6.45) is 2.37. The third-order valence-electron chi connectivity index (χ3n) is 3.99. The highest BCUT2D eigenvalue weighted by Crippen LogP contribution is 2.21. The molecule has 0 saturated carbocycles. The van der Waals surface area contributed by atoms with Crippen LogP contribution in [0.1, 0.15) is 12.3 Å². The zero-order valence-corrected chi connectivity index (χ0v) is 13.9. The minimum absolute atomic E-state index is 0.110. The molecule has 0 aliphatic rings.